The van der Waals surface area contributed by atoms with Crippen LogP contribution < -0.4 is 10.1 Å². The van der Waals surface area contributed by atoms with E-state index in [2.05, 4.69) is 10.3 Å². The van der Waals surface area contributed by atoms with Crippen molar-refractivity contribution in [2.45, 2.75) is 70.2 Å². The third kappa shape index (κ3) is 6.15. The smallest absolute Gasteiger partial charge is 0.339 e. The van der Waals surface area contributed by atoms with Crippen LogP contribution in [0.1, 0.15) is 49.3 Å². The number of amides is 2. The molecule has 2 aromatic heterocycles. The van der Waals surface area contributed by atoms with Crippen LogP contribution in [0.2, 0.25) is 0 Å². The molecule has 0 bridgehead atoms. The zero-order valence-electron chi connectivity index (χ0n) is 28.0. The minimum atomic E-state index is -1.63. The lowest BCUT2D eigenvalue weighted by Crippen LogP contribution is -2.64. The number of nitrogens with one attached hydrogen (secondary N) is 2. The monoisotopic (exact) mass is 689 g/mol. The Labute approximate surface area is 285 Å². The van der Waals surface area contributed by atoms with E-state index in [1.807, 2.05) is 42.9 Å². The van der Waals surface area contributed by atoms with Crippen LogP contribution in [0.3, 0.4) is 0 Å². The van der Waals surface area contributed by atoms with Crippen molar-refractivity contribution in [3.8, 4) is 5.75 Å². The van der Waals surface area contributed by atoms with Gasteiger partial charge in [-0.05, 0) is 35.7 Å². The predicted molar refractivity (Wildman–Crippen MR) is 173 cm³/mol. The molecule has 2 amide bonds. The van der Waals surface area contributed by atoms with Gasteiger partial charge in [0.1, 0.15) is 5.75 Å². The zero-order valence-corrected chi connectivity index (χ0v) is 28.0. The van der Waals surface area contributed by atoms with E-state index in [9.17, 15) is 28.8 Å². The lowest BCUT2D eigenvalue weighted by molar-refractivity contribution is -0.282. The number of fused-ring (bicyclic) bond motifs is 2. The SMILES string of the molecule is COC(=O)[C@H]1OC(Oc2ccc3c([C@@H]4C(=O)NC(=O)[C@H]4c4cn(C)c5c(C)cccc45)c[nH]c3c2)[C@H](OC(C)=O)[C@@H](OC(C)=O)[C@@H]1OC(C)=O. The van der Waals surface area contributed by atoms with Crippen molar-refractivity contribution in [2.24, 2.45) is 7.05 Å². The number of aromatic nitrogens is 2. The Morgan fingerprint density at radius 2 is 1.46 bits per heavy atom. The van der Waals surface area contributed by atoms with E-state index in [1.165, 1.54) is 0 Å². The second-order valence-electron chi connectivity index (χ2n) is 12.2. The van der Waals surface area contributed by atoms with Crippen molar-refractivity contribution in [1.82, 2.24) is 14.9 Å². The highest BCUT2D eigenvalue weighted by Gasteiger charge is 2.56. The van der Waals surface area contributed by atoms with Crippen LogP contribution in [0.15, 0.2) is 48.8 Å². The molecule has 0 aliphatic carbocycles. The lowest BCUT2D eigenvalue weighted by atomic mass is 9.83. The van der Waals surface area contributed by atoms with E-state index in [0.29, 0.717) is 16.5 Å². The summed E-state index contributed by atoms with van der Waals surface area (Å²) in [6, 6.07) is 10.7. The van der Waals surface area contributed by atoms with E-state index in [-0.39, 0.29) is 5.75 Å². The van der Waals surface area contributed by atoms with Gasteiger partial charge in [-0.2, -0.15) is 0 Å². The summed E-state index contributed by atoms with van der Waals surface area (Å²) in [6.45, 7) is 5.27. The Kier molecular flexibility index (Phi) is 9.10. The molecule has 2 N–H and O–H groups in total. The van der Waals surface area contributed by atoms with E-state index in [0.717, 1.165) is 49.9 Å². The third-order valence-corrected chi connectivity index (χ3v) is 8.82. The third-order valence-electron chi connectivity index (χ3n) is 8.82. The van der Waals surface area contributed by atoms with Gasteiger partial charge in [0.05, 0.1) is 24.5 Å². The molecule has 2 aliphatic rings. The summed E-state index contributed by atoms with van der Waals surface area (Å²) >= 11 is 0. The molecule has 0 spiro atoms. The fourth-order valence-corrected chi connectivity index (χ4v) is 6.94. The average Bonchev–Trinajstić information content (AvgIpc) is 3.70. The molecular formula is C35H35N3O12. The largest absolute Gasteiger partial charge is 0.467 e. The number of benzene rings is 2. The van der Waals surface area contributed by atoms with Gasteiger partial charge >= 0.3 is 23.9 Å². The molecule has 1 unspecified atom stereocenters. The molecule has 262 valence electrons. The van der Waals surface area contributed by atoms with Gasteiger partial charge in [0.15, 0.2) is 18.3 Å². The number of methoxy groups -OCH3 is 1. The van der Waals surface area contributed by atoms with Crippen LogP contribution in [-0.2, 0) is 59.5 Å². The standard InChI is InChI=1S/C35H35N3O12/c1-15-8-7-9-21-23(14-38(5)27(15)21)26-25(32(42)37-33(26)43)22-13-36-24-12-19(10-11-20(22)24)49-35-31(48-18(4)41)29(47-17(3)40)28(46-16(2)39)30(50-35)34(44)45-6/h7-14,25-26,28-31,35-36H,1-6H3,(H,37,42,43)/t25-,26-,28-,29-,30-,31+,35?/m0/s1. The molecule has 15 heteroatoms. The van der Waals surface area contributed by atoms with E-state index in [4.69, 9.17) is 28.4 Å². The number of hydrogen-bond acceptors (Lipinski definition) is 12. The summed E-state index contributed by atoms with van der Waals surface area (Å²) in [7, 11) is 2.99. The van der Waals surface area contributed by atoms with Crippen LogP contribution in [-0.4, -0.2) is 83.1 Å². The van der Waals surface area contributed by atoms with Crippen molar-refractivity contribution in [2.75, 3.05) is 7.11 Å². The molecular weight excluding hydrogens is 654 g/mol. The number of para-hydroxylation sites is 1. The van der Waals surface area contributed by atoms with Gasteiger partial charge in [-0.15, -0.1) is 0 Å². The number of H-pyrrole nitrogens is 1. The summed E-state index contributed by atoms with van der Waals surface area (Å²) in [5, 5.41) is 4.02. The number of carbonyl (C=O) groups is 6. The normalized spacial score (nSPS) is 24.9. The first kappa shape index (κ1) is 34.2. The van der Waals surface area contributed by atoms with Gasteiger partial charge in [0, 0.05) is 62.6 Å². The molecule has 2 fully saturated rings. The minimum absolute atomic E-state index is 0.164. The molecule has 2 aliphatic heterocycles. The van der Waals surface area contributed by atoms with Crippen molar-refractivity contribution in [1.29, 1.82) is 0 Å². The predicted octanol–water partition coefficient (Wildman–Crippen LogP) is 2.56. The van der Waals surface area contributed by atoms with E-state index >= 15 is 0 Å². The second-order valence-corrected chi connectivity index (χ2v) is 12.2. The summed E-state index contributed by atoms with van der Waals surface area (Å²) < 4.78 is 34.9. The van der Waals surface area contributed by atoms with Gasteiger partial charge in [0.25, 0.3) is 0 Å². The number of imide groups is 1. The average molecular weight is 690 g/mol. The fourth-order valence-electron chi connectivity index (χ4n) is 6.94. The Hall–Kier alpha value is -5.70. The first-order valence-corrected chi connectivity index (χ1v) is 15.7. The van der Waals surface area contributed by atoms with Crippen LogP contribution in [0.25, 0.3) is 21.8 Å². The fraction of sp³-hybridized carbons (Fsp3) is 0.371. The Morgan fingerprint density at radius 3 is 2.12 bits per heavy atom. The highest BCUT2D eigenvalue weighted by atomic mass is 16.7. The number of rotatable bonds is 8. The van der Waals surface area contributed by atoms with Gasteiger partial charge in [-0.3, -0.25) is 29.3 Å². The van der Waals surface area contributed by atoms with Gasteiger partial charge in [-0.25, -0.2) is 4.79 Å². The van der Waals surface area contributed by atoms with Gasteiger partial charge in [-0.1, -0.05) is 18.2 Å². The minimum Gasteiger partial charge on any atom is -0.467 e. The van der Waals surface area contributed by atoms with Crippen LogP contribution in [0.4, 0.5) is 0 Å². The molecule has 0 saturated carbocycles. The number of hydrogen-bond donors (Lipinski definition) is 2. The molecule has 15 nitrogen and oxygen atoms in total. The maximum atomic E-state index is 13.3. The highest BCUT2D eigenvalue weighted by Crippen LogP contribution is 2.44. The van der Waals surface area contributed by atoms with Crippen molar-refractivity contribution in [3.63, 3.8) is 0 Å². The number of aryl methyl sites for hydroxylation is 2. The lowest BCUT2D eigenvalue weighted by Gasteiger charge is -2.43. The molecule has 2 aromatic carbocycles. The maximum Gasteiger partial charge on any atom is 0.339 e. The summed E-state index contributed by atoms with van der Waals surface area (Å²) in [6.07, 6.45) is -4.18. The number of carbonyl (C=O) groups excluding carboxylic acids is 6. The molecule has 0 radical (unpaired) electrons. The molecule has 4 heterocycles. The molecule has 50 heavy (non-hydrogen) atoms. The first-order valence-electron chi connectivity index (χ1n) is 15.7. The Bertz CT molecular complexity index is 2050. The maximum absolute atomic E-state index is 13.3. The van der Waals surface area contributed by atoms with Crippen LogP contribution >= 0.6 is 0 Å². The number of esters is 4. The first-order chi connectivity index (χ1) is 23.8. The Morgan fingerprint density at radius 1 is 0.820 bits per heavy atom. The quantitative estimate of drug-likeness (QED) is 0.156. The van der Waals surface area contributed by atoms with Crippen LogP contribution in [0.5, 0.6) is 5.75 Å². The molecule has 7 atom stereocenters. The van der Waals surface area contributed by atoms with Gasteiger partial charge < -0.3 is 38.0 Å². The van der Waals surface area contributed by atoms with Crippen molar-refractivity contribution in [3.05, 3.63) is 65.5 Å². The molecule has 2 saturated heterocycles. The number of ether oxygens (including phenoxy) is 6. The molecule has 4 aromatic rings. The molecule has 6 rings (SSSR count). The summed E-state index contributed by atoms with van der Waals surface area (Å²) in [5.41, 5.74) is 3.84. The highest BCUT2D eigenvalue weighted by molar-refractivity contribution is 6.13. The summed E-state index contributed by atoms with van der Waals surface area (Å²) in [5.74, 6) is -5.71. The topological polar surface area (TPSA) is 191 Å². The number of nitrogens with zero attached hydrogens (tertiary/aromatic N) is 1. The second kappa shape index (κ2) is 13.3. The summed E-state index contributed by atoms with van der Waals surface area (Å²) in [4.78, 5) is 78.9. The van der Waals surface area contributed by atoms with Crippen molar-refractivity contribution >= 4 is 57.5 Å². The van der Waals surface area contributed by atoms with Crippen molar-refractivity contribution < 1.29 is 57.2 Å². The van der Waals surface area contributed by atoms with Crippen LogP contribution in [0, 0.1) is 6.92 Å². The Balaban J connectivity index is 1.35. The van der Waals surface area contributed by atoms with E-state index in [1.54, 1.807) is 24.4 Å². The number of aromatic amines is 1. The zero-order chi connectivity index (χ0) is 36.0. The van der Waals surface area contributed by atoms with Gasteiger partial charge in [0.2, 0.25) is 24.2 Å². The van der Waals surface area contributed by atoms with E-state index < -0.39 is 78.2 Å².